The number of hydrogen-bond acceptors (Lipinski definition) is 3. The van der Waals surface area contributed by atoms with Crippen molar-refractivity contribution in [3.05, 3.63) is 22.8 Å². The summed E-state index contributed by atoms with van der Waals surface area (Å²) in [7, 11) is 0. The summed E-state index contributed by atoms with van der Waals surface area (Å²) in [6, 6.07) is 1.35. The van der Waals surface area contributed by atoms with Gasteiger partial charge in [0.1, 0.15) is 5.56 Å². The molecule has 0 unspecified atom stereocenters. The number of carboxylic acid groups (broad SMARTS) is 1. The second-order valence-corrected chi connectivity index (χ2v) is 4.86. The number of unbranched alkanes of at least 4 members (excludes halogenated alkanes) is 5. The van der Waals surface area contributed by atoms with E-state index in [-0.39, 0.29) is 11.4 Å². The van der Waals surface area contributed by atoms with E-state index in [1.54, 1.807) is 0 Å². The number of halogens is 1. The summed E-state index contributed by atoms with van der Waals surface area (Å²) in [5.41, 5.74) is 0.0125. The zero-order chi connectivity index (χ0) is 14.1. The lowest BCUT2D eigenvalue weighted by Crippen LogP contribution is -2.06. The summed E-state index contributed by atoms with van der Waals surface area (Å²) < 4.78 is 5.41. The third-order valence-electron chi connectivity index (χ3n) is 2.78. The van der Waals surface area contributed by atoms with Crippen LogP contribution in [0, 0.1) is 0 Å². The fourth-order valence-electron chi connectivity index (χ4n) is 1.75. The van der Waals surface area contributed by atoms with Gasteiger partial charge in [-0.1, -0.05) is 50.6 Å². The molecule has 0 bridgehead atoms. The van der Waals surface area contributed by atoms with Gasteiger partial charge in [-0.25, -0.2) is 9.78 Å². The minimum atomic E-state index is -1.08. The highest BCUT2D eigenvalue weighted by Gasteiger charge is 2.13. The van der Waals surface area contributed by atoms with Gasteiger partial charge in [0.2, 0.25) is 5.88 Å². The van der Waals surface area contributed by atoms with E-state index in [1.165, 1.54) is 37.9 Å². The Morgan fingerprint density at radius 3 is 2.68 bits per heavy atom. The van der Waals surface area contributed by atoms with E-state index in [1.807, 2.05) is 0 Å². The molecular weight excluding hydrogens is 266 g/mol. The summed E-state index contributed by atoms with van der Waals surface area (Å²) in [5, 5.41) is 9.31. The van der Waals surface area contributed by atoms with E-state index in [0.717, 1.165) is 12.8 Å². The van der Waals surface area contributed by atoms with E-state index in [2.05, 4.69) is 11.9 Å². The first-order valence-electron chi connectivity index (χ1n) is 6.66. The molecule has 0 radical (unpaired) electrons. The number of ether oxygens (including phenoxy) is 1. The average molecular weight is 286 g/mol. The van der Waals surface area contributed by atoms with Crippen LogP contribution in [0.15, 0.2) is 12.3 Å². The van der Waals surface area contributed by atoms with Crippen molar-refractivity contribution in [2.45, 2.75) is 45.4 Å². The maximum atomic E-state index is 11.0. The minimum Gasteiger partial charge on any atom is -0.477 e. The molecule has 5 heteroatoms. The fraction of sp³-hybridized carbons (Fsp3) is 0.571. The summed E-state index contributed by atoms with van der Waals surface area (Å²) in [5.74, 6) is -0.932. The van der Waals surface area contributed by atoms with Gasteiger partial charge in [0.05, 0.1) is 11.6 Å². The summed E-state index contributed by atoms with van der Waals surface area (Å²) in [6.45, 7) is 2.67. The predicted octanol–water partition coefficient (Wildman–Crippen LogP) is 4.17. The van der Waals surface area contributed by atoms with Crippen molar-refractivity contribution in [2.24, 2.45) is 0 Å². The molecule has 1 aromatic rings. The first kappa shape index (κ1) is 15.8. The van der Waals surface area contributed by atoms with Crippen molar-refractivity contribution in [3.8, 4) is 5.88 Å². The van der Waals surface area contributed by atoms with Crippen LogP contribution in [-0.2, 0) is 0 Å². The Morgan fingerprint density at radius 1 is 1.32 bits per heavy atom. The zero-order valence-corrected chi connectivity index (χ0v) is 11.9. The van der Waals surface area contributed by atoms with Crippen LogP contribution in [0.4, 0.5) is 0 Å². The molecule has 0 saturated carbocycles. The van der Waals surface area contributed by atoms with Gasteiger partial charge in [0.15, 0.2) is 0 Å². The van der Waals surface area contributed by atoms with Crippen molar-refractivity contribution < 1.29 is 14.6 Å². The van der Waals surface area contributed by atoms with Crippen LogP contribution in [0.25, 0.3) is 0 Å². The van der Waals surface area contributed by atoms with Crippen LogP contribution in [0.3, 0.4) is 0 Å². The summed E-state index contributed by atoms with van der Waals surface area (Å²) in [4.78, 5) is 14.9. The van der Waals surface area contributed by atoms with E-state index < -0.39 is 5.97 Å². The first-order valence-corrected chi connectivity index (χ1v) is 7.04. The molecule has 0 aliphatic heterocycles. The highest BCUT2D eigenvalue weighted by Crippen LogP contribution is 2.20. The van der Waals surface area contributed by atoms with E-state index >= 15 is 0 Å². The van der Waals surface area contributed by atoms with Crippen LogP contribution in [-0.4, -0.2) is 22.7 Å². The molecule has 1 heterocycles. The van der Waals surface area contributed by atoms with Gasteiger partial charge < -0.3 is 9.84 Å². The number of aromatic nitrogens is 1. The van der Waals surface area contributed by atoms with Gasteiger partial charge >= 0.3 is 5.97 Å². The minimum absolute atomic E-state index is 0.0125. The van der Waals surface area contributed by atoms with Crippen molar-refractivity contribution in [3.63, 3.8) is 0 Å². The molecule has 0 fully saturated rings. The van der Waals surface area contributed by atoms with E-state index in [9.17, 15) is 4.79 Å². The quantitative estimate of drug-likeness (QED) is 0.692. The van der Waals surface area contributed by atoms with Crippen LogP contribution >= 0.6 is 11.6 Å². The fourth-order valence-corrected chi connectivity index (χ4v) is 1.90. The molecule has 1 rings (SSSR count). The van der Waals surface area contributed by atoms with Crippen LogP contribution in [0.2, 0.25) is 5.02 Å². The second-order valence-electron chi connectivity index (χ2n) is 4.43. The first-order chi connectivity index (χ1) is 9.15. The van der Waals surface area contributed by atoms with Gasteiger partial charge in [-0.2, -0.15) is 0 Å². The maximum absolute atomic E-state index is 11.0. The Bertz CT molecular complexity index is 410. The van der Waals surface area contributed by atoms with Gasteiger partial charge in [0.25, 0.3) is 0 Å². The van der Waals surface area contributed by atoms with Crippen molar-refractivity contribution in [1.82, 2.24) is 4.98 Å². The van der Waals surface area contributed by atoms with E-state index in [0.29, 0.717) is 11.6 Å². The molecule has 0 amide bonds. The van der Waals surface area contributed by atoms with Gasteiger partial charge in [-0.15, -0.1) is 0 Å². The summed E-state index contributed by atoms with van der Waals surface area (Å²) >= 11 is 5.71. The number of nitrogens with zero attached hydrogens (tertiary/aromatic N) is 1. The van der Waals surface area contributed by atoms with Crippen LogP contribution in [0.5, 0.6) is 5.88 Å². The molecule has 1 aromatic heterocycles. The number of hydrogen-bond donors (Lipinski definition) is 1. The molecule has 0 aliphatic carbocycles. The van der Waals surface area contributed by atoms with Gasteiger partial charge in [-0.3, -0.25) is 0 Å². The number of carbonyl (C=O) groups is 1. The number of rotatable bonds is 9. The van der Waals surface area contributed by atoms with Crippen molar-refractivity contribution in [1.29, 1.82) is 0 Å². The largest absolute Gasteiger partial charge is 0.477 e. The maximum Gasteiger partial charge on any atom is 0.341 e. The third kappa shape index (κ3) is 5.92. The molecule has 0 aromatic carbocycles. The highest BCUT2D eigenvalue weighted by atomic mass is 35.5. The topological polar surface area (TPSA) is 59.4 Å². The molecule has 19 heavy (non-hydrogen) atoms. The normalized spacial score (nSPS) is 10.4. The molecule has 1 N–H and O–H groups in total. The number of pyridine rings is 1. The smallest absolute Gasteiger partial charge is 0.341 e. The molecular formula is C14H20ClNO3. The summed E-state index contributed by atoms with van der Waals surface area (Å²) in [6.07, 6.45) is 8.33. The molecule has 0 atom stereocenters. The standard InChI is InChI=1S/C14H20ClNO3/c1-2-3-4-5-6-7-8-19-13-12(14(17)18)9-11(15)10-16-13/h9-10H,2-8H2,1H3,(H,17,18). The van der Waals surface area contributed by atoms with Gasteiger partial charge in [0, 0.05) is 6.20 Å². The van der Waals surface area contributed by atoms with Crippen molar-refractivity contribution >= 4 is 17.6 Å². The SMILES string of the molecule is CCCCCCCCOc1ncc(Cl)cc1C(=O)O. The van der Waals surface area contributed by atoms with Crippen LogP contribution < -0.4 is 4.74 Å². The van der Waals surface area contributed by atoms with Gasteiger partial charge in [-0.05, 0) is 12.5 Å². The second kappa shape index (κ2) is 8.75. The van der Waals surface area contributed by atoms with Crippen molar-refractivity contribution in [2.75, 3.05) is 6.61 Å². The Balaban J connectivity index is 2.35. The highest BCUT2D eigenvalue weighted by molar-refractivity contribution is 6.30. The Hall–Kier alpha value is -1.29. The zero-order valence-electron chi connectivity index (χ0n) is 11.2. The molecule has 0 aliphatic rings. The molecule has 106 valence electrons. The lowest BCUT2D eigenvalue weighted by molar-refractivity contribution is 0.0691. The Kier molecular flexibility index (Phi) is 7.26. The average Bonchev–Trinajstić information content (AvgIpc) is 2.39. The lowest BCUT2D eigenvalue weighted by atomic mass is 10.1. The Morgan fingerprint density at radius 2 is 2.00 bits per heavy atom. The monoisotopic (exact) mass is 285 g/mol. The van der Waals surface area contributed by atoms with Crippen LogP contribution in [0.1, 0.15) is 55.8 Å². The predicted molar refractivity (Wildman–Crippen MR) is 75.1 cm³/mol. The number of carboxylic acids is 1. The van der Waals surface area contributed by atoms with E-state index in [4.69, 9.17) is 21.4 Å². The molecule has 4 nitrogen and oxygen atoms in total. The third-order valence-corrected chi connectivity index (χ3v) is 2.99. The lowest BCUT2D eigenvalue weighted by Gasteiger charge is -2.08. The molecule has 0 spiro atoms. The Labute approximate surface area is 118 Å². The number of aromatic carboxylic acids is 1. The molecule has 0 saturated heterocycles.